The van der Waals surface area contributed by atoms with E-state index in [-0.39, 0.29) is 23.5 Å². The number of pyridine rings is 1. The summed E-state index contributed by atoms with van der Waals surface area (Å²) in [7, 11) is 1.57. The van der Waals surface area contributed by atoms with Gasteiger partial charge in [0.15, 0.2) is 5.96 Å². The quantitative estimate of drug-likeness (QED) is 0.856. The molecule has 0 saturated carbocycles. The fourth-order valence-electron chi connectivity index (χ4n) is 2.54. The number of hydrogen-bond acceptors (Lipinski definition) is 5. The van der Waals surface area contributed by atoms with Crippen LogP contribution < -0.4 is 5.73 Å². The van der Waals surface area contributed by atoms with Crippen LogP contribution in [-0.4, -0.2) is 34.8 Å². The van der Waals surface area contributed by atoms with Gasteiger partial charge in [0.1, 0.15) is 0 Å². The van der Waals surface area contributed by atoms with E-state index in [9.17, 15) is 13.6 Å². The molecule has 1 aliphatic rings. The third kappa shape index (κ3) is 2.70. The Hall–Kier alpha value is -2.35. The SMILES string of the molecule is C[C@@H]1N=C(N)N(C)C(=O)C1c1cc(-c2ccc(F)nc2F)cs1. The van der Waals surface area contributed by atoms with Gasteiger partial charge in [-0.3, -0.25) is 9.69 Å². The Balaban J connectivity index is 1.97. The molecule has 3 heterocycles. The van der Waals surface area contributed by atoms with Crippen molar-refractivity contribution in [3.05, 3.63) is 40.4 Å². The Morgan fingerprint density at radius 1 is 1.35 bits per heavy atom. The van der Waals surface area contributed by atoms with Crippen molar-refractivity contribution in [2.24, 2.45) is 10.7 Å². The molecule has 2 N–H and O–H groups in total. The lowest BCUT2D eigenvalue weighted by Crippen LogP contribution is -2.48. The van der Waals surface area contributed by atoms with Crippen LogP contribution >= 0.6 is 11.3 Å². The van der Waals surface area contributed by atoms with Gasteiger partial charge in [-0.05, 0) is 36.1 Å². The lowest BCUT2D eigenvalue weighted by molar-refractivity contribution is -0.129. The minimum Gasteiger partial charge on any atom is -0.369 e. The van der Waals surface area contributed by atoms with Gasteiger partial charge < -0.3 is 5.73 Å². The third-order valence-corrected chi connectivity index (χ3v) is 4.83. The molecule has 1 amide bonds. The third-order valence-electron chi connectivity index (χ3n) is 3.81. The Bertz CT molecular complexity index is 805. The zero-order valence-electron chi connectivity index (χ0n) is 12.5. The van der Waals surface area contributed by atoms with Crippen LogP contribution in [0.5, 0.6) is 0 Å². The van der Waals surface area contributed by atoms with Gasteiger partial charge >= 0.3 is 0 Å². The number of nitrogens with two attached hydrogens (primary N) is 1. The Labute approximate surface area is 135 Å². The monoisotopic (exact) mass is 336 g/mol. The van der Waals surface area contributed by atoms with Crippen molar-refractivity contribution in [3.8, 4) is 11.1 Å². The molecule has 0 saturated heterocycles. The summed E-state index contributed by atoms with van der Waals surface area (Å²) in [5, 5.41) is 1.72. The number of amides is 1. The first kappa shape index (κ1) is 15.5. The van der Waals surface area contributed by atoms with E-state index >= 15 is 0 Å². The molecular weight excluding hydrogens is 322 g/mol. The maximum absolute atomic E-state index is 13.8. The van der Waals surface area contributed by atoms with E-state index in [1.807, 2.05) is 6.92 Å². The van der Waals surface area contributed by atoms with E-state index in [0.717, 1.165) is 10.9 Å². The lowest BCUT2D eigenvalue weighted by atomic mass is 9.95. The fraction of sp³-hybridized carbons (Fsp3) is 0.267. The number of aromatic nitrogens is 1. The summed E-state index contributed by atoms with van der Waals surface area (Å²) in [5.41, 5.74) is 6.45. The van der Waals surface area contributed by atoms with Crippen molar-refractivity contribution in [1.29, 1.82) is 0 Å². The van der Waals surface area contributed by atoms with Gasteiger partial charge in [-0.15, -0.1) is 11.3 Å². The average Bonchev–Trinajstić information content (AvgIpc) is 2.94. The summed E-state index contributed by atoms with van der Waals surface area (Å²) in [6.45, 7) is 1.81. The molecule has 1 aliphatic heterocycles. The molecule has 2 atom stereocenters. The normalized spacial score (nSPS) is 21.5. The minimum atomic E-state index is -0.878. The maximum Gasteiger partial charge on any atom is 0.239 e. The van der Waals surface area contributed by atoms with Crippen LogP contribution in [0.1, 0.15) is 17.7 Å². The van der Waals surface area contributed by atoms with E-state index in [1.165, 1.54) is 22.3 Å². The van der Waals surface area contributed by atoms with E-state index in [2.05, 4.69) is 9.98 Å². The zero-order chi connectivity index (χ0) is 16.7. The Kier molecular flexibility index (Phi) is 3.85. The van der Waals surface area contributed by atoms with Crippen LogP contribution in [0.3, 0.4) is 0 Å². The van der Waals surface area contributed by atoms with E-state index in [0.29, 0.717) is 5.56 Å². The first-order valence-corrected chi connectivity index (χ1v) is 7.78. The second-order valence-corrected chi connectivity index (χ2v) is 6.26. The number of likely N-dealkylation sites (N-methyl/N-ethyl adjacent to an activating group) is 1. The van der Waals surface area contributed by atoms with Gasteiger partial charge in [-0.2, -0.15) is 13.8 Å². The first-order valence-electron chi connectivity index (χ1n) is 6.90. The molecule has 2 aromatic rings. The van der Waals surface area contributed by atoms with Gasteiger partial charge in [0.25, 0.3) is 0 Å². The number of nitrogens with zero attached hydrogens (tertiary/aromatic N) is 3. The van der Waals surface area contributed by atoms with Gasteiger partial charge in [0.2, 0.25) is 17.8 Å². The summed E-state index contributed by atoms with van der Waals surface area (Å²) in [4.78, 5) is 21.9. The highest BCUT2D eigenvalue weighted by Crippen LogP contribution is 2.35. The van der Waals surface area contributed by atoms with Crippen molar-refractivity contribution in [1.82, 2.24) is 9.88 Å². The summed E-state index contributed by atoms with van der Waals surface area (Å²) >= 11 is 1.33. The molecule has 3 rings (SSSR count). The highest BCUT2D eigenvalue weighted by molar-refractivity contribution is 7.10. The smallest absolute Gasteiger partial charge is 0.239 e. The molecule has 0 bridgehead atoms. The second-order valence-electron chi connectivity index (χ2n) is 5.31. The number of halogens is 2. The maximum atomic E-state index is 13.8. The minimum absolute atomic E-state index is 0.156. The van der Waals surface area contributed by atoms with Crippen LogP contribution in [0.25, 0.3) is 11.1 Å². The predicted octanol–water partition coefficient (Wildman–Crippen LogP) is 2.35. The predicted molar refractivity (Wildman–Crippen MR) is 84.1 cm³/mol. The first-order chi connectivity index (χ1) is 10.9. The van der Waals surface area contributed by atoms with Gasteiger partial charge in [0.05, 0.1) is 12.0 Å². The Morgan fingerprint density at radius 2 is 2.09 bits per heavy atom. The standard InChI is InChI=1S/C15H14F2N4OS/c1-7-12(14(22)21(2)15(18)19-7)10-5-8(6-23-10)9-3-4-11(16)20-13(9)17/h3-7,12H,1-2H3,(H2,18,19)/t7-,12?/m0/s1. The van der Waals surface area contributed by atoms with Crippen LogP contribution in [0.4, 0.5) is 8.78 Å². The number of carbonyl (C=O) groups excluding carboxylic acids is 1. The molecule has 23 heavy (non-hydrogen) atoms. The number of carbonyl (C=O) groups is 1. The molecule has 2 aromatic heterocycles. The van der Waals surface area contributed by atoms with Crippen molar-refractivity contribution in [3.63, 3.8) is 0 Å². The lowest BCUT2D eigenvalue weighted by Gasteiger charge is -2.30. The van der Waals surface area contributed by atoms with E-state index in [1.54, 1.807) is 18.5 Å². The number of rotatable bonds is 2. The average molecular weight is 336 g/mol. The number of guanidine groups is 1. The summed E-state index contributed by atoms with van der Waals surface area (Å²) in [6.07, 6.45) is 0. The van der Waals surface area contributed by atoms with E-state index in [4.69, 9.17) is 5.73 Å². The summed E-state index contributed by atoms with van der Waals surface area (Å²) in [5.74, 6) is -2.19. The van der Waals surface area contributed by atoms with Crippen molar-refractivity contribution in [2.45, 2.75) is 18.9 Å². The number of aliphatic imine (C=N–C) groups is 1. The van der Waals surface area contributed by atoms with Gasteiger partial charge in [-0.25, -0.2) is 4.99 Å². The molecule has 1 unspecified atom stereocenters. The van der Waals surface area contributed by atoms with Crippen LogP contribution in [0.15, 0.2) is 28.6 Å². The van der Waals surface area contributed by atoms with E-state index < -0.39 is 17.8 Å². The second kappa shape index (κ2) is 5.69. The molecule has 0 aliphatic carbocycles. The van der Waals surface area contributed by atoms with Crippen molar-refractivity contribution in [2.75, 3.05) is 7.05 Å². The molecule has 0 aromatic carbocycles. The van der Waals surface area contributed by atoms with Crippen molar-refractivity contribution >= 4 is 23.2 Å². The Morgan fingerprint density at radius 3 is 2.78 bits per heavy atom. The van der Waals surface area contributed by atoms with Crippen LogP contribution in [-0.2, 0) is 4.79 Å². The molecule has 0 radical (unpaired) electrons. The molecular formula is C15H14F2N4OS. The van der Waals surface area contributed by atoms with Crippen LogP contribution in [0.2, 0.25) is 0 Å². The topological polar surface area (TPSA) is 71.6 Å². The largest absolute Gasteiger partial charge is 0.369 e. The van der Waals surface area contributed by atoms with Crippen molar-refractivity contribution < 1.29 is 13.6 Å². The molecule has 0 fully saturated rings. The van der Waals surface area contributed by atoms with Gasteiger partial charge in [-0.1, -0.05) is 0 Å². The molecule has 5 nitrogen and oxygen atoms in total. The molecule has 0 spiro atoms. The number of thiophene rings is 1. The summed E-state index contributed by atoms with van der Waals surface area (Å²) in [6, 6.07) is 3.84. The fourth-order valence-corrected chi connectivity index (χ4v) is 3.64. The molecule has 8 heteroatoms. The zero-order valence-corrected chi connectivity index (χ0v) is 13.3. The highest BCUT2D eigenvalue weighted by atomic mass is 32.1. The van der Waals surface area contributed by atoms with Crippen LogP contribution in [0, 0.1) is 11.9 Å². The summed E-state index contributed by atoms with van der Waals surface area (Å²) < 4.78 is 26.7. The molecule has 120 valence electrons. The highest BCUT2D eigenvalue weighted by Gasteiger charge is 2.35. The van der Waals surface area contributed by atoms with Gasteiger partial charge in [0, 0.05) is 17.5 Å². The number of hydrogen-bond donors (Lipinski definition) is 1.